The van der Waals surface area contributed by atoms with Crippen molar-refractivity contribution in [1.82, 2.24) is 4.90 Å². The first-order chi connectivity index (χ1) is 14.7. The van der Waals surface area contributed by atoms with Crippen LogP contribution >= 0.6 is 23.4 Å². The van der Waals surface area contributed by atoms with Crippen molar-refractivity contribution in [3.8, 4) is 11.5 Å². The van der Waals surface area contributed by atoms with Crippen LogP contribution < -0.4 is 14.6 Å². The smallest absolute Gasteiger partial charge is 0.293 e. The van der Waals surface area contributed by atoms with Crippen LogP contribution in [-0.4, -0.2) is 35.2 Å². The van der Waals surface area contributed by atoms with E-state index in [2.05, 4.69) is 0 Å². The molecule has 1 heterocycles. The van der Waals surface area contributed by atoms with Gasteiger partial charge in [-0.2, -0.15) is 0 Å². The number of ether oxygens (including phenoxy) is 2. The van der Waals surface area contributed by atoms with E-state index >= 15 is 0 Å². The lowest BCUT2D eigenvalue weighted by Gasteiger charge is -2.17. The molecule has 2 aromatic rings. The maximum absolute atomic E-state index is 14.0. The van der Waals surface area contributed by atoms with E-state index < -0.39 is 29.0 Å². The number of nitrogens with zero attached hydrogens (tertiary/aromatic N) is 1. The molecule has 0 bridgehead atoms. The van der Waals surface area contributed by atoms with Crippen molar-refractivity contribution in [3.63, 3.8) is 0 Å². The van der Waals surface area contributed by atoms with Gasteiger partial charge >= 0.3 is 0 Å². The van der Waals surface area contributed by atoms with Crippen LogP contribution in [0.2, 0.25) is 5.02 Å². The number of carboxylic acids is 1. The summed E-state index contributed by atoms with van der Waals surface area (Å²) in [5, 5.41) is 10.4. The summed E-state index contributed by atoms with van der Waals surface area (Å²) in [6.45, 7) is 1.03. The zero-order valence-corrected chi connectivity index (χ0v) is 18.0. The number of benzene rings is 2. The number of carbonyl (C=O) groups excluding carboxylic acids is 3. The average molecular weight is 465 g/mol. The third-order valence-corrected chi connectivity index (χ3v) is 5.63. The molecule has 10 heteroatoms. The molecule has 0 spiro atoms. The van der Waals surface area contributed by atoms with E-state index in [-0.39, 0.29) is 33.5 Å². The van der Waals surface area contributed by atoms with Crippen molar-refractivity contribution < 1.29 is 33.4 Å². The molecule has 7 nitrogen and oxygen atoms in total. The Bertz CT molecular complexity index is 1070. The number of hydrogen-bond acceptors (Lipinski definition) is 7. The molecule has 1 fully saturated rings. The standard InChI is InChI=1S/C21H17ClFNO6S/c1-11(20(26)27)30-16-7-6-12(8-17(16)29-2)9-18-19(25)24(21(28)31-18)10-13-14(22)4-3-5-15(13)23/h3-9,11H,10H2,1-2H3,(H,26,27)/p-1/b18-9-/t11-/m0/s1. The van der Waals surface area contributed by atoms with Crippen LogP contribution in [0.15, 0.2) is 41.3 Å². The number of aliphatic carboxylic acids is 1. The summed E-state index contributed by atoms with van der Waals surface area (Å²) in [6.07, 6.45) is 0.281. The maximum atomic E-state index is 14.0. The molecule has 162 valence electrons. The number of hydrogen-bond donors (Lipinski definition) is 0. The predicted octanol–water partition coefficient (Wildman–Crippen LogP) is 3.24. The fraction of sp³-hybridized carbons (Fsp3) is 0.190. The van der Waals surface area contributed by atoms with Crippen molar-refractivity contribution in [2.45, 2.75) is 19.6 Å². The molecular formula is C21H16ClFNO6S-. The van der Waals surface area contributed by atoms with Crippen LogP contribution in [0.3, 0.4) is 0 Å². The molecule has 3 rings (SSSR count). The molecule has 2 amide bonds. The molecule has 1 aliphatic heterocycles. The van der Waals surface area contributed by atoms with Crippen LogP contribution in [0.25, 0.3) is 6.08 Å². The Hall–Kier alpha value is -3.04. The van der Waals surface area contributed by atoms with Gasteiger partial charge in [-0.15, -0.1) is 0 Å². The molecular weight excluding hydrogens is 449 g/mol. The quantitative estimate of drug-likeness (QED) is 0.580. The molecule has 31 heavy (non-hydrogen) atoms. The fourth-order valence-electron chi connectivity index (χ4n) is 2.74. The van der Waals surface area contributed by atoms with Crippen LogP contribution in [0.5, 0.6) is 11.5 Å². The van der Waals surface area contributed by atoms with Crippen molar-refractivity contribution in [2.75, 3.05) is 7.11 Å². The Morgan fingerprint density at radius 2 is 2.03 bits per heavy atom. The topological polar surface area (TPSA) is 96.0 Å². The molecule has 1 saturated heterocycles. The summed E-state index contributed by atoms with van der Waals surface area (Å²) in [4.78, 5) is 37.0. The third kappa shape index (κ3) is 5.00. The van der Waals surface area contributed by atoms with Crippen molar-refractivity contribution in [1.29, 1.82) is 0 Å². The number of carboxylic acid groups (broad SMARTS) is 1. The molecule has 0 N–H and O–H groups in total. The Labute approximate surface area is 186 Å². The van der Waals surface area contributed by atoms with Crippen molar-refractivity contribution in [2.24, 2.45) is 0 Å². The Balaban J connectivity index is 1.83. The van der Waals surface area contributed by atoms with E-state index in [4.69, 9.17) is 21.1 Å². The lowest BCUT2D eigenvalue weighted by atomic mass is 10.1. The summed E-state index contributed by atoms with van der Waals surface area (Å²) in [7, 11) is 1.38. The van der Waals surface area contributed by atoms with Gasteiger partial charge in [-0.3, -0.25) is 14.5 Å². The molecule has 2 aromatic carbocycles. The van der Waals surface area contributed by atoms with E-state index in [0.717, 1.165) is 4.90 Å². The molecule has 1 atom stereocenters. The van der Waals surface area contributed by atoms with E-state index in [0.29, 0.717) is 17.3 Å². The number of amides is 2. The van der Waals surface area contributed by atoms with Crippen molar-refractivity contribution >= 4 is 46.6 Å². The Morgan fingerprint density at radius 1 is 1.29 bits per heavy atom. The SMILES string of the molecule is COc1cc(/C=C2\SC(=O)N(Cc3c(F)cccc3Cl)C2=O)ccc1O[C@@H](C)C(=O)[O-]. The van der Waals surface area contributed by atoms with E-state index in [1.165, 1.54) is 50.4 Å². The van der Waals surface area contributed by atoms with Gasteiger partial charge in [0.2, 0.25) is 0 Å². The van der Waals surface area contributed by atoms with Crippen LogP contribution in [0.1, 0.15) is 18.1 Å². The highest BCUT2D eigenvalue weighted by Crippen LogP contribution is 2.36. The van der Waals surface area contributed by atoms with Crippen molar-refractivity contribution in [3.05, 3.63) is 63.3 Å². The zero-order valence-electron chi connectivity index (χ0n) is 16.4. The van der Waals surface area contributed by atoms with Gasteiger partial charge in [0, 0.05) is 10.6 Å². The van der Waals surface area contributed by atoms with Gasteiger partial charge in [0.25, 0.3) is 11.1 Å². The van der Waals surface area contributed by atoms with Gasteiger partial charge in [0.15, 0.2) is 11.5 Å². The number of carbonyl (C=O) groups is 3. The molecule has 1 aliphatic rings. The van der Waals surface area contributed by atoms with Crippen LogP contribution in [-0.2, 0) is 16.1 Å². The average Bonchev–Trinajstić information content (AvgIpc) is 2.98. The first-order valence-electron chi connectivity index (χ1n) is 8.95. The minimum atomic E-state index is -1.38. The van der Waals surface area contributed by atoms with Gasteiger partial charge in [-0.1, -0.05) is 23.7 Å². The van der Waals surface area contributed by atoms with Gasteiger partial charge in [0.1, 0.15) is 11.9 Å². The second kappa shape index (κ2) is 9.40. The second-order valence-electron chi connectivity index (χ2n) is 6.46. The first-order valence-corrected chi connectivity index (χ1v) is 10.1. The Morgan fingerprint density at radius 3 is 2.68 bits per heavy atom. The highest BCUT2D eigenvalue weighted by atomic mass is 35.5. The fourth-order valence-corrected chi connectivity index (χ4v) is 3.80. The minimum absolute atomic E-state index is 0.0536. The van der Waals surface area contributed by atoms with Crippen LogP contribution in [0, 0.1) is 5.82 Å². The summed E-state index contributed by atoms with van der Waals surface area (Å²) < 4.78 is 24.5. The predicted molar refractivity (Wildman–Crippen MR) is 111 cm³/mol. The lowest BCUT2D eigenvalue weighted by Crippen LogP contribution is -2.37. The van der Waals surface area contributed by atoms with Crippen LogP contribution in [0.4, 0.5) is 9.18 Å². The van der Waals surface area contributed by atoms with E-state index in [1.54, 1.807) is 6.07 Å². The lowest BCUT2D eigenvalue weighted by molar-refractivity contribution is -0.312. The summed E-state index contributed by atoms with van der Waals surface area (Å²) in [5.74, 6) is -2.16. The Kier molecular flexibility index (Phi) is 6.87. The van der Waals surface area contributed by atoms with Gasteiger partial charge in [0.05, 0.1) is 24.5 Å². The molecule has 0 aromatic heterocycles. The highest BCUT2D eigenvalue weighted by Gasteiger charge is 2.36. The van der Waals surface area contributed by atoms with E-state index in [9.17, 15) is 23.9 Å². The largest absolute Gasteiger partial charge is 0.546 e. The summed E-state index contributed by atoms with van der Waals surface area (Å²) >= 11 is 6.71. The van der Waals surface area contributed by atoms with E-state index in [1.807, 2.05) is 0 Å². The number of halogens is 2. The third-order valence-electron chi connectivity index (χ3n) is 4.37. The monoisotopic (exact) mass is 464 g/mol. The number of methoxy groups -OCH3 is 1. The van der Waals surface area contributed by atoms with Gasteiger partial charge < -0.3 is 19.4 Å². The summed E-state index contributed by atoms with van der Waals surface area (Å²) in [6, 6.07) is 8.69. The summed E-state index contributed by atoms with van der Waals surface area (Å²) in [5.41, 5.74) is 0.567. The molecule has 0 saturated carbocycles. The molecule has 0 unspecified atom stereocenters. The second-order valence-corrected chi connectivity index (χ2v) is 7.86. The highest BCUT2D eigenvalue weighted by molar-refractivity contribution is 8.18. The zero-order chi connectivity index (χ0) is 22.7. The number of thioether (sulfide) groups is 1. The number of rotatable bonds is 7. The first kappa shape index (κ1) is 22.6. The minimum Gasteiger partial charge on any atom is -0.546 e. The maximum Gasteiger partial charge on any atom is 0.293 e. The van der Waals surface area contributed by atoms with Gasteiger partial charge in [-0.25, -0.2) is 4.39 Å². The molecule has 0 aliphatic carbocycles. The molecule has 0 radical (unpaired) electrons. The van der Waals surface area contributed by atoms with Gasteiger partial charge in [-0.05, 0) is 54.6 Å². The number of imide groups is 1. The normalized spacial score (nSPS) is 16.0.